The number of aromatic nitrogens is 4. The topological polar surface area (TPSA) is 102 Å². The first-order chi connectivity index (χ1) is 15.8. The first kappa shape index (κ1) is 21.9. The predicted molar refractivity (Wildman–Crippen MR) is 121 cm³/mol. The highest BCUT2D eigenvalue weighted by Crippen LogP contribution is 2.23. The number of pyridine rings is 2. The van der Waals surface area contributed by atoms with Gasteiger partial charge in [0.2, 0.25) is 0 Å². The SMILES string of the molecule is COC(=O)Nc1ccc(-n2cnc3c(C)cc(C(=O)N(C)c4ccc(F)c(C)c4)nc32)cn1. The lowest BCUT2D eigenvalue weighted by atomic mass is 10.1. The maximum absolute atomic E-state index is 13.6. The van der Waals surface area contributed by atoms with Gasteiger partial charge in [0, 0.05) is 12.7 Å². The lowest BCUT2D eigenvalue weighted by Crippen LogP contribution is -2.27. The van der Waals surface area contributed by atoms with Gasteiger partial charge in [0.05, 0.1) is 19.0 Å². The molecule has 3 aromatic heterocycles. The number of carbonyl (C=O) groups excluding carboxylic acids is 2. The second-order valence-electron chi connectivity index (χ2n) is 7.43. The van der Waals surface area contributed by atoms with E-state index in [0.717, 1.165) is 5.56 Å². The van der Waals surface area contributed by atoms with Gasteiger partial charge in [-0.2, -0.15) is 0 Å². The van der Waals surface area contributed by atoms with Crippen LogP contribution in [0.2, 0.25) is 0 Å². The molecule has 0 unspecified atom stereocenters. The van der Waals surface area contributed by atoms with Crippen molar-refractivity contribution in [3.8, 4) is 5.69 Å². The van der Waals surface area contributed by atoms with Crippen molar-refractivity contribution in [2.45, 2.75) is 13.8 Å². The van der Waals surface area contributed by atoms with E-state index in [9.17, 15) is 14.0 Å². The lowest BCUT2D eigenvalue weighted by Gasteiger charge is -2.18. The summed E-state index contributed by atoms with van der Waals surface area (Å²) in [7, 11) is 2.88. The molecule has 0 atom stereocenters. The number of aryl methyl sites for hydroxylation is 2. The summed E-state index contributed by atoms with van der Waals surface area (Å²) >= 11 is 0. The molecule has 1 N–H and O–H groups in total. The number of nitrogens with zero attached hydrogens (tertiary/aromatic N) is 5. The smallest absolute Gasteiger partial charge is 0.412 e. The average Bonchev–Trinajstić information content (AvgIpc) is 3.25. The molecule has 0 saturated heterocycles. The Bertz CT molecular complexity index is 1370. The zero-order chi connectivity index (χ0) is 23.7. The number of hydrogen-bond donors (Lipinski definition) is 1. The molecule has 0 fully saturated rings. The lowest BCUT2D eigenvalue weighted by molar-refractivity contribution is 0.0988. The molecule has 168 valence electrons. The zero-order valence-electron chi connectivity index (χ0n) is 18.5. The van der Waals surface area contributed by atoms with Gasteiger partial charge in [-0.1, -0.05) is 0 Å². The van der Waals surface area contributed by atoms with Gasteiger partial charge in [0.25, 0.3) is 5.91 Å². The molecule has 0 spiro atoms. The molecule has 3 heterocycles. The number of imidazole rings is 1. The van der Waals surface area contributed by atoms with Crippen LogP contribution in [-0.2, 0) is 4.74 Å². The minimum absolute atomic E-state index is 0.225. The van der Waals surface area contributed by atoms with E-state index in [2.05, 4.69) is 25.0 Å². The molecule has 2 amide bonds. The monoisotopic (exact) mass is 448 g/mol. The molecule has 0 aliphatic rings. The van der Waals surface area contributed by atoms with E-state index in [1.165, 1.54) is 18.1 Å². The fourth-order valence-corrected chi connectivity index (χ4v) is 3.33. The van der Waals surface area contributed by atoms with Crippen molar-refractivity contribution in [1.29, 1.82) is 0 Å². The number of halogens is 1. The van der Waals surface area contributed by atoms with E-state index in [1.807, 2.05) is 6.92 Å². The molecule has 33 heavy (non-hydrogen) atoms. The van der Waals surface area contributed by atoms with Gasteiger partial charge in [0.15, 0.2) is 5.65 Å². The van der Waals surface area contributed by atoms with Gasteiger partial charge in [-0.25, -0.2) is 24.1 Å². The molecule has 0 aliphatic carbocycles. The third-order valence-corrected chi connectivity index (χ3v) is 5.19. The number of fused-ring (bicyclic) bond motifs is 1. The minimum Gasteiger partial charge on any atom is -0.453 e. The molecule has 0 saturated carbocycles. The summed E-state index contributed by atoms with van der Waals surface area (Å²) in [6.07, 6.45) is 2.52. The van der Waals surface area contributed by atoms with Crippen LogP contribution in [0.5, 0.6) is 0 Å². The number of carbonyl (C=O) groups is 2. The van der Waals surface area contributed by atoms with Crippen LogP contribution in [-0.4, -0.2) is 45.7 Å². The maximum atomic E-state index is 13.6. The Kier molecular flexibility index (Phi) is 5.74. The van der Waals surface area contributed by atoms with Crippen LogP contribution in [0.4, 0.5) is 20.7 Å². The Morgan fingerprint density at radius 3 is 2.55 bits per heavy atom. The molecule has 0 aliphatic heterocycles. The van der Waals surface area contributed by atoms with E-state index >= 15 is 0 Å². The highest BCUT2D eigenvalue weighted by atomic mass is 19.1. The van der Waals surface area contributed by atoms with Crippen LogP contribution in [0.3, 0.4) is 0 Å². The van der Waals surface area contributed by atoms with E-state index in [-0.39, 0.29) is 17.4 Å². The van der Waals surface area contributed by atoms with Crippen LogP contribution in [0, 0.1) is 19.7 Å². The van der Waals surface area contributed by atoms with E-state index in [4.69, 9.17) is 0 Å². The standard InChI is InChI=1S/C23H21FN6O3/c1-13-9-15(5-7-17(13)24)29(3)22(31)18-10-14(2)20-21(27-18)30(12-26-20)16-6-8-19(25-11-16)28-23(32)33-4/h5-12H,1-4H3,(H,25,28,32). The van der Waals surface area contributed by atoms with Crippen LogP contribution in [0.15, 0.2) is 48.9 Å². The molecule has 10 heteroatoms. The summed E-state index contributed by atoms with van der Waals surface area (Å²) in [6, 6.07) is 9.51. The van der Waals surface area contributed by atoms with Crippen molar-refractivity contribution in [1.82, 2.24) is 19.5 Å². The van der Waals surface area contributed by atoms with Crippen LogP contribution >= 0.6 is 0 Å². The largest absolute Gasteiger partial charge is 0.453 e. The number of nitrogens with one attached hydrogen (secondary N) is 1. The number of rotatable bonds is 4. The number of methoxy groups -OCH3 is 1. The van der Waals surface area contributed by atoms with Gasteiger partial charge in [-0.05, 0) is 61.4 Å². The number of benzene rings is 1. The number of hydrogen-bond acceptors (Lipinski definition) is 6. The normalized spacial score (nSPS) is 10.8. The molecule has 4 aromatic rings. The van der Waals surface area contributed by atoms with Crippen LogP contribution in [0.1, 0.15) is 21.6 Å². The Hall–Kier alpha value is -4.34. The molecule has 9 nitrogen and oxygen atoms in total. The quantitative estimate of drug-likeness (QED) is 0.506. The van der Waals surface area contributed by atoms with Crippen LogP contribution < -0.4 is 10.2 Å². The molecular weight excluding hydrogens is 427 g/mol. The van der Waals surface area contributed by atoms with Crippen molar-refractivity contribution >= 4 is 34.7 Å². The van der Waals surface area contributed by atoms with Gasteiger partial charge in [0.1, 0.15) is 29.2 Å². The second-order valence-corrected chi connectivity index (χ2v) is 7.43. The Labute approximate surface area is 188 Å². The van der Waals surface area contributed by atoms with Crippen molar-refractivity contribution < 1.29 is 18.7 Å². The summed E-state index contributed by atoms with van der Waals surface area (Å²) in [5, 5.41) is 2.48. The molecule has 0 bridgehead atoms. The maximum Gasteiger partial charge on any atom is 0.412 e. The van der Waals surface area contributed by atoms with Crippen LogP contribution in [0.25, 0.3) is 16.9 Å². The molecular formula is C23H21FN6O3. The van der Waals surface area contributed by atoms with E-state index < -0.39 is 6.09 Å². The number of amides is 2. The number of anilines is 2. The summed E-state index contributed by atoms with van der Waals surface area (Å²) in [5.41, 5.74) is 3.78. The Morgan fingerprint density at radius 1 is 1.09 bits per heavy atom. The first-order valence-electron chi connectivity index (χ1n) is 9.99. The first-order valence-corrected chi connectivity index (χ1v) is 9.99. The van der Waals surface area contributed by atoms with Crippen molar-refractivity contribution in [3.63, 3.8) is 0 Å². The Balaban J connectivity index is 1.69. The molecule has 1 aromatic carbocycles. The minimum atomic E-state index is -0.621. The highest BCUT2D eigenvalue weighted by molar-refractivity contribution is 6.05. The number of ether oxygens (including phenoxy) is 1. The van der Waals surface area contributed by atoms with Gasteiger partial charge < -0.3 is 9.64 Å². The summed E-state index contributed by atoms with van der Waals surface area (Å²) in [5.74, 6) is -0.346. The summed E-state index contributed by atoms with van der Waals surface area (Å²) in [6.45, 7) is 3.49. The van der Waals surface area contributed by atoms with Gasteiger partial charge in [-0.3, -0.25) is 14.7 Å². The molecule has 4 rings (SSSR count). The summed E-state index contributed by atoms with van der Waals surface area (Å²) in [4.78, 5) is 39.1. The average molecular weight is 448 g/mol. The zero-order valence-corrected chi connectivity index (χ0v) is 18.5. The highest BCUT2D eigenvalue weighted by Gasteiger charge is 2.19. The third-order valence-electron chi connectivity index (χ3n) is 5.19. The summed E-state index contributed by atoms with van der Waals surface area (Å²) < 4.78 is 19.9. The van der Waals surface area contributed by atoms with E-state index in [1.54, 1.807) is 61.4 Å². The third kappa shape index (κ3) is 4.22. The van der Waals surface area contributed by atoms with E-state index in [0.29, 0.717) is 33.9 Å². The van der Waals surface area contributed by atoms with Crippen molar-refractivity contribution in [2.24, 2.45) is 0 Å². The second kappa shape index (κ2) is 8.65. The van der Waals surface area contributed by atoms with Gasteiger partial charge in [-0.15, -0.1) is 0 Å². The van der Waals surface area contributed by atoms with Crippen molar-refractivity contribution in [2.75, 3.05) is 24.4 Å². The van der Waals surface area contributed by atoms with Crippen molar-refractivity contribution in [3.05, 3.63) is 71.6 Å². The molecule has 0 radical (unpaired) electrons. The fourth-order valence-electron chi connectivity index (χ4n) is 3.33. The fraction of sp³-hybridized carbons (Fsp3) is 0.174. The Morgan fingerprint density at radius 2 is 1.88 bits per heavy atom. The predicted octanol–water partition coefficient (Wildman–Crippen LogP) is 4.03. The van der Waals surface area contributed by atoms with Gasteiger partial charge >= 0.3 is 6.09 Å².